The van der Waals surface area contributed by atoms with Gasteiger partial charge in [0, 0.05) is 41.3 Å². The highest BCUT2D eigenvalue weighted by Crippen LogP contribution is 2.29. The van der Waals surface area contributed by atoms with Gasteiger partial charge in [-0.15, -0.1) is 0 Å². The summed E-state index contributed by atoms with van der Waals surface area (Å²) in [4.78, 5) is 24.0. The molecule has 0 saturated carbocycles. The standard InChI is InChI=1S/C23H20F3N7O2/c1-13-21(14(2)29-12-28-13)17-6-4-16(5-7-17)15(3)33-11-20(35-32-33)31-22(34)30-18-8-9-27-19(10-18)23(24,25)26/h4-12,15H,1-3H3,(H-,27,30,31,32,34)/p+1/t15-/m0/s1. The molecule has 0 saturated heterocycles. The lowest BCUT2D eigenvalue weighted by Crippen LogP contribution is -2.39. The molecule has 1 aromatic carbocycles. The van der Waals surface area contributed by atoms with Crippen LogP contribution in [0, 0.1) is 13.8 Å². The first-order valence-electron chi connectivity index (χ1n) is 10.5. The Balaban J connectivity index is 1.42. The highest BCUT2D eigenvalue weighted by molar-refractivity contribution is 5.98. The molecule has 0 radical (unpaired) electrons. The summed E-state index contributed by atoms with van der Waals surface area (Å²) in [5, 5.41) is 8.64. The molecule has 3 heterocycles. The van der Waals surface area contributed by atoms with E-state index in [1.165, 1.54) is 23.3 Å². The van der Waals surface area contributed by atoms with Crippen LogP contribution < -0.4 is 15.3 Å². The third-order valence-electron chi connectivity index (χ3n) is 5.33. The van der Waals surface area contributed by atoms with Gasteiger partial charge in [-0.2, -0.15) is 13.2 Å². The molecule has 0 aliphatic carbocycles. The molecule has 9 nitrogen and oxygen atoms in total. The second kappa shape index (κ2) is 9.49. The van der Waals surface area contributed by atoms with Crippen molar-refractivity contribution in [2.75, 3.05) is 10.6 Å². The molecular formula is C23H21F3N7O2+. The predicted octanol–water partition coefficient (Wildman–Crippen LogP) is 4.70. The van der Waals surface area contributed by atoms with E-state index in [0.717, 1.165) is 40.3 Å². The van der Waals surface area contributed by atoms with E-state index in [0.29, 0.717) is 0 Å². The van der Waals surface area contributed by atoms with Crippen molar-refractivity contribution >= 4 is 17.6 Å². The first-order valence-corrected chi connectivity index (χ1v) is 10.5. The Kier molecular flexibility index (Phi) is 6.45. The lowest BCUT2D eigenvalue weighted by molar-refractivity contribution is -0.774. The Hall–Kier alpha value is -4.35. The van der Waals surface area contributed by atoms with Crippen LogP contribution >= 0.6 is 0 Å². The zero-order valence-corrected chi connectivity index (χ0v) is 19.0. The van der Waals surface area contributed by atoms with Crippen LogP contribution in [0.5, 0.6) is 0 Å². The van der Waals surface area contributed by atoms with Crippen LogP contribution in [-0.2, 0) is 6.18 Å². The van der Waals surface area contributed by atoms with Gasteiger partial charge in [0.05, 0.1) is 0 Å². The quantitative estimate of drug-likeness (QED) is 0.397. The number of hydrogen-bond acceptors (Lipinski definition) is 6. The number of amides is 2. The van der Waals surface area contributed by atoms with E-state index in [2.05, 4.69) is 30.9 Å². The third-order valence-corrected chi connectivity index (χ3v) is 5.33. The highest BCUT2D eigenvalue weighted by Gasteiger charge is 2.32. The number of aryl methyl sites for hydroxylation is 2. The zero-order valence-electron chi connectivity index (χ0n) is 19.0. The summed E-state index contributed by atoms with van der Waals surface area (Å²) in [6, 6.07) is 8.81. The number of anilines is 2. The summed E-state index contributed by atoms with van der Waals surface area (Å²) in [5.41, 5.74) is 3.50. The van der Waals surface area contributed by atoms with Crippen LogP contribution in [0.15, 0.2) is 59.6 Å². The molecule has 2 N–H and O–H groups in total. The van der Waals surface area contributed by atoms with E-state index < -0.39 is 17.9 Å². The first kappa shape index (κ1) is 23.8. The number of benzene rings is 1. The molecule has 0 bridgehead atoms. The molecule has 0 fully saturated rings. The maximum Gasteiger partial charge on any atom is 0.433 e. The second-order valence-corrected chi connectivity index (χ2v) is 7.77. The summed E-state index contributed by atoms with van der Waals surface area (Å²) >= 11 is 0. The van der Waals surface area contributed by atoms with Gasteiger partial charge in [0.15, 0.2) is 0 Å². The van der Waals surface area contributed by atoms with Crippen LogP contribution in [0.1, 0.15) is 35.6 Å². The molecule has 0 aliphatic rings. The van der Waals surface area contributed by atoms with E-state index in [9.17, 15) is 18.0 Å². The number of hydrogen-bond donors (Lipinski definition) is 2. The largest absolute Gasteiger partial charge is 0.433 e. The fraction of sp³-hybridized carbons (Fsp3) is 0.217. The van der Waals surface area contributed by atoms with Crippen molar-refractivity contribution in [3.05, 3.63) is 77.8 Å². The smallest absolute Gasteiger partial charge is 0.308 e. The summed E-state index contributed by atoms with van der Waals surface area (Å²) in [6.07, 6.45) is -0.646. The summed E-state index contributed by atoms with van der Waals surface area (Å²) in [6.45, 7) is 5.76. The molecule has 4 rings (SSSR count). The monoisotopic (exact) mass is 484 g/mol. The van der Waals surface area contributed by atoms with Crippen LogP contribution in [0.3, 0.4) is 0 Å². The maximum absolute atomic E-state index is 12.8. The Labute approximate surface area is 198 Å². The summed E-state index contributed by atoms with van der Waals surface area (Å²) < 4.78 is 45.0. The van der Waals surface area contributed by atoms with Crippen molar-refractivity contribution in [2.24, 2.45) is 0 Å². The lowest BCUT2D eigenvalue weighted by Gasteiger charge is -2.09. The first-order chi connectivity index (χ1) is 16.6. The van der Waals surface area contributed by atoms with Gasteiger partial charge in [-0.1, -0.05) is 24.3 Å². The number of carbonyl (C=O) groups excluding carboxylic acids is 1. The Morgan fingerprint density at radius 3 is 2.37 bits per heavy atom. The Morgan fingerprint density at radius 1 is 1.03 bits per heavy atom. The van der Waals surface area contributed by atoms with Crippen molar-refractivity contribution < 1.29 is 27.2 Å². The summed E-state index contributed by atoms with van der Waals surface area (Å²) in [5.74, 6) is 0.0174. The van der Waals surface area contributed by atoms with Gasteiger partial charge in [-0.3, -0.25) is 14.8 Å². The molecule has 0 unspecified atom stereocenters. The number of halogens is 3. The second-order valence-electron chi connectivity index (χ2n) is 7.77. The number of urea groups is 1. The predicted molar refractivity (Wildman–Crippen MR) is 119 cm³/mol. The van der Waals surface area contributed by atoms with Gasteiger partial charge in [0.2, 0.25) is 11.3 Å². The average molecular weight is 484 g/mol. The van der Waals surface area contributed by atoms with Gasteiger partial charge in [0.1, 0.15) is 12.0 Å². The van der Waals surface area contributed by atoms with E-state index in [1.54, 1.807) is 0 Å². The average Bonchev–Trinajstić information content (AvgIpc) is 3.27. The number of rotatable bonds is 5. The van der Waals surface area contributed by atoms with Crippen molar-refractivity contribution in [3.63, 3.8) is 0 Å². The number of nitrogens with zero attached hydrogens (tertiary/aromatic N) is 5. The van der Waals surface area contributed by atoms with Crippen LogP contribution in [0.25, 0.3) is 11.1 Å². The van der Waals surface area contributed by atoms with Crippen molar-refractivity contribution in [1.82, 2.24) is 20.2 Å². The van der Waals surface area contributed by atoms with Crippen LogP contribution in [0.2, 0.25) is 0 Å². The lowest BCUT2D eigenvalue weighted by atomic mass is 9.99. The minimum Gasteiger partial charge on any atom is -0.308 e. The molecule has 35 heavy (non-hydrogen) atoms. The highest BCUT2D eigenvalue weighted by atomic mass is 19.4. The molecule has 4 aromatic rings. The summed E-state index contributed by atoms with van der Waals surface area (Å²) in [7, 11) is 0. The van der Waals surface area contributed by atoms with Gasteiger partial charge in [0.25, 0.3) is 6.20 Å². The van der Waals surface area contributed by atoms with Gasteiger partial charge in [-0.05, 0) is 36.2 Å². The number of nitrogens with one attached hydrogen (secondary N) is 2. The Bertz CT molecular complexity index is 1330. The Morgan fingerprint density at radius 2 is 1.71 bits per heavy atom. The molecule has 2 amide bonds. The number of pyridine rings is 1. The molecule has 180 valence electrons. The molecule has 3 aromatic heterocycles. The minimum absolute atomic E-state index is 0.0174. The van der Waals surface area contributed by atoms with Gasteiger partial charge >= 0.3 is 18.1 Å². The van der Waals surface area contributed by atoms with Crippen molar-refractivity contribution in [1.29, 1.82) is 0 Å². The fourth-order valence-electron chi connectivity index (χ4n) is 3.53. The van der Waals surface area contributed by atoms with Crippen LogP contribution in [-0.4, -0.2) is 26.3 Å². The SMILES string of the molecule is Cc1ncnc(C)c1-c1ccc([C@H](C)[n+]2cc(NC(=O)Nc3ccnc(C(F)(F)F)c3)on2)cc1. The van der Waals surface area contributed by atoms with Gasteiger partial charge < -0.3 is 5.32 Å². The van der Waals surface area contributed by atoms with E-state index in [-0.39, 0.29) is 17.6 Å². The molecule has 0 aliphatic heterocycles. The molecule has 12 heteroatoms. The van der Waals surface area contributed by atoms with E-state index >= 15 is 0 Å². The van der Waals surface area contributed by atoms with Crippen molar-refractivity contribution in [3.8, 4) is 11.1 Å². The fourth-order valence-corrected chi connectivity index (χ4v) is 3.53. The van der Waals surface area contributed by atoms with Crippen LogP contribution in [0.4, 0.5) is 29.5 Å². The van der Waals surface area contributed by atoms with E-state index in [1.807, 2.05) is 45.0 Å². The normalized spacial score (nSPS) is 12.3. The van der Waals surface area contributed by atoms with Gasteiger partial charge in [-0.25, -0.2) is 14.8 Å². The van der Waals surface area contributed by atoms with Crippen molar-refractivity contribution in [2.45, 2.75) is 33.0 Å². The third kappa shape index (κ3) is 5.42. The molecule has 0 spiro atoms. The molecular weight excluding hydrogens is 463 g/mol. The number of alkyl halides is 3. The number of carbonyl (C=O) groups is 1. The maximum atomic E-state index is 12.8. The van der Waals surface area contributed by atoms with E-state index in [4.69, 9.17) is 4.52 Å². The number of aromatic nitrogens is 5. The minimum atomic E-state index is -4.62. The molecule has 1 atom stereocenters. The zero-order chi connectivity index (χ0) is 25.2. The topological polar surface area (TPSA) is 110 Å².